The average molecular weight is 895 g/mol. The zero-order valence-corrected chi connectivity index (χ0v) is 37.2. The fraction of sp³-hybridized carbons (Fsp3) is 0.667. The molecule has 18 heteroatoms. The molecule has 0 fully saturated rings. The zero-order valence-electron chi connectivity index (χ0n) is 35.4. The van der Waals surface area contributed by atoms with Gasteiger partial charge in [-0.1, -0.05) is 125 Å². The van der Waals surface area contributed by atoms with E-state index >= 15 is 0 Å². The monoisotopic (exact) mass is 894 g/mol. The predicted molar refractivity (Wildman–Crippen MR) is 229 cm³/mol. The van der Waals surface area contributed by atoms with Crippen LogP contribution in [0.3, 0.4) is 0 Å². The number of hydrogen-bond donors (Lipinski definition) is 7. The molecule has 7 N–H and O–H groups in total. The number of carbonyl (C=O) groups excluding carboxylic acids is 2. The van der Waals surface area contributed by atoms with Crippen molar-refractivity contribution in [1.82, 2.24) is 0 Å². The van der Waals surface area contributed by atoms with E-state index in [9.17, 15) is 44.0 Å². The molecular formula is C42H72O16P2. The number of phosphoric ester groups is 2. The van der Waals surface area contributed by atoms with Crippen molar-refractivity contribution in [2.75, 3.05) is 26.4 Å². The van der Waals surface area contributed by atoms with Gasteiger partial charge >= 0.3 is 27.6 Å². The number of allylic oxidation sites excluding steroid dienone is 9. The third kappa shape index (κ3) is 38.4. The van der Waals surface area contributed by atoms with Crippen LogP contribution in [0.4, 0.5) is 0 Å². The molecule has 0 aliphatic rings. The molecule has 0 heterocycles. The summed E-state index contributed by atoms with van der Waals surface area (Å²) in [7, 11) is -9.82. The van der Waals surface area contributed by atoms with Gasteiger partial charge in [-0.3, -0.25) is 23.2 Å². The van der Waals surface area contributed by atoms with Gasteiger partial charge in [0.15, 0.2) is 6.10 Å². The number of rotatable bonds is 38. The van der Waals surface area contributed by atoms with E-state index in [2.05, 4.69) is 28.1 Å². The number of carbonyl (C=O) groups is 2. The molecule has 0 rings (SSSR count). The molecule has 346 valence electrons. The number of ether oxygens (including phenoxy) is 2. The molecule has 0 radical (unpaired) electrons. The van der Waals surface area contributed by atoms with E-state index in [0.29, 0.717) is 12.8 Å². The van der Waals surface area contributed by atoms with Crippen LogP contribution in [0.1, 0.15) is 123 Å². The van der Waals surface area contributed by atoms with Gasteiger partial charge in [0.05, 0.1) is 38.1 Å². The van der Waals surface area contributed by atoms with Crippen molar-refractivity contribution in [2.24, 2.45) is 0 Å². The SMILES string of the molecule is CC/C=C\C[C@H](O)/C=C/C=C/C=C\C=C/[C@@H](O)[C@H](O)CCCC(=O)O[C@H](COC(=O)CCCCCCC/C=C\CCCCCC)COP(=O)(O)OC[C@@H](O)COP(=O)(O)O. The Morgan fingerprint density at radius 3 is 1.82 bits per heavy atom. The lowest BCUT2D eigenvalue weighted by molar-refractivity contribution is -0.161. The third-order valence-corrected chi connectivity index (χ3v) is 9.85. The lowest BCUT2D eigenvalue weighted by Gasteiger charge is -2.21. The summed E-state index contributed by atoms with van der Waals surface area (Å²) >= 11 is 0. The van der Waals surface area contributed by atoms with E-state index in [1.807, 2.05) is 19.1 Å². The van der Waals surface area contributed by atoms with Gasteiger partial charge in [0, 0.05) is 12.8 Å². The molecule has 0 aliphatic heterocycles. The maximum atomic E-state index is 12.7. The normalized spacial score (nSPS) is 16.4. The summed E-state index contributed by atoms with van der Waals surface area (Å²) in [6, 6.07) is 0. The average Bonchev–Trinajstić information content (AvgIpc) is 3.19. The maximum absolute atomic E-state index is 12.7. The van der Waals surface area contributed by atoms with Crippen LogP contribution in [0, 0.1) is 0 Å². The van der Waals surface area contributed by atoms with E-state index in [1.54, 1.807) is 42.5 Å². The molecule has 0 aromatic heterocycles. The maximum Gasteiger partial charge on any atom is 0.472 e. The quantitative estimate of drug-likeness (QED) is 0.0107. The number of unbranched alkanes of at least 4 members (excludes halogenated alkanes) is 9. The topological polar surface area (TPSA) is 256 Å². The second-order valence-corrected chi connectivity index (χ2v) is 16.8. The highest BCUT2D eigenvalue weighted by molar-refractivity contribution is 7.47. The molecule has 0 spiro atoms. The van der Waals surface area contributed by atoms with Crippen molar-refractivity contribution >= 4 is 27.6 Å². The number of aliphatic hydroxyl groups excluding tert-OH is 4. The molecule has 6 atom stereocenters. The van der Waals surface area contributed by atoms with E-state index in [4.69, 9.17) is 23.8 Å². The minimum Gasteiger partial charge on any atom is -0.462 e. The summed E-state index contributed by atoms with van der Waals surface area (Å²) < 4.78 is 47.4. The number of aliphatic hydroxyl groups is 4. The first-order chi connectivity index (χ1) is 28.6. The van der Waals surface area contributed by atoms with E-state index in [1.165, 1.54) is 31.8 Å². The molecule has 0 saturated heterocycles. The van der Waals surface area contributed by atoms with Crippen molar-refractivity contribution in [3.05, 3.63) is 72.9 Å². The third-order valence-electron chi connectivity index (χ3n) is 8.41. The molecule has 0 aliphatic carbocycles. The predicted octanol–water partition coefficient (Wildman–Crippen LogP) is 7.14. The van der Waals surface area contributed by atoms with Crippen molar-refractivity contribution in [3.8, 4) is 0 Å². The van der Waals surface area contributed by atoms with Crippen LogP contribution in [0.25, 0.3) is 0 Å². The highest BCUT2D eigenvalue weighted by atomic mass is 31.2. The number of phosphoric acid groups is 2. The fourth-order valence-electron chi connectivity index (χ4n) is 5.09. The van der Waals surface area contributed by atoms with Gasteiger partial charge in [0.25, 0.3) is 0 Å². The molecule has 60 heavy (non-hydrogen) atoms. The van der Waals surface area contributed by atoms with E-state index < -0.39 is 84.5 Å². The second-order valence-electron chi connectivity index (χ2n) is 14.1. The van der Waals surface area contributed by atoms with Gasteiger partial charge < -0.3 is 44.6 Å². The number of esters is 2. The molecule has 0 amide bonds. The summed E-state index contributed by atoms with van der Waals surface area (Å²) in [5, 5.41) is 40.2. The van der Waals surface area contributed by atoms with Gasteiger partial charge in [0.1, 0.15) is 12.7 Å². The Morgan fingerprint density at radius 1 is 0.600 bits per heavy atom. The highest BCUT2D eigenvalue weighted by Crippen LogP contribution is 2.43. The van der Waals surface area contributed by atoms with Gasteiger partial charge in [0.2, 0.25) is 0 Å². The largest absolute Gasteiger partial charge is 0.472 e. The Bertz CT molecular complexity index is 1390. The Kier molecular flexibility index (Phi) is 35.5. The zero-order chi connectivity index (χ0) is 44.9. The Morgan fingerprint density at radius 2 is 1.17 bits per heavy atom. The second kappa shape index (κ2) is 37.0. The fourth-order valence-corrected chi connectivity index (χ4v) is 6.25. The molecule has 0 saturated carbocycles. The first-order valence-electron chi connectivity index (χ1n) is 21.0. The minimum atomic E-state index is -4.91. The van der Waals surface area contributed by atoms with Crippen LogP contribution in [-0.4, -0.2) is 104 Å². The summed E-state index contributed by atoms with van der Waals surface area (Å²) in [5.41, 5.74) is 0. The Balaban J connectivity index is 4.91. The van der Waals surface area contributed by atoms with Gasteiger partial charge in [-0.05, 0) is 57.8 Å². The lowest BCUT2D eigenvalue weighted by atomic mass is 10.1. The van der Waals surface area contributed by atoms with Crippen LogP contribution in [0.5, 0.6) is 0 Å². The summed E-state index contributed by atoms with van der Waals surface area (Å²) in [5.74, 6) is -1.38. The van der Waals surface area contributed by atoms with Crippen LogP contribution < -0.4 is 0 Å². The van der Waals surface area contributed by atoms with Gasteiger partial charge in [-0.2, -0.15) is 0 Å². The van der Waals surface area contributed by atoms with Crippen LogP contribution >= 0.6 is 15.6 Å². The first-order valence-corrected chi connectivity index (χ1v) is 24.0. The molecular weight excluding hydrogens is 822 g/mol. The van der Waals surface area contributed by atoms with Crippen molar-refractivity contribution in [3.63, 3.8) is 0 Å². The summed E-state index contributed by atoms with van der Waals surface area (Å²) in [6.45, 7) is 1.12. The minimum absolute atomic E-state index is 0.0184. The highest BCUT2D eigenvalue weighted by Gasteiger charge is 2.28. The van der Waals surface area contributed by atoms with Crippen molar-refractivity contribution in [1.29, 1.82) is 0 Å². The van der Waals surface area contributed by atoms with Crippen LogP contribution in [-0.2, 0) is 41.8 Å². The van der Waals surface area contributed by atoms with Crippen molar-refractivity contribution in [2.45, 2.75) is 154 Å². The standard InChI is InChI=1S/C42H72O16P2/c1-3-5-7-8-9-10-11-12-13-14-15-20-24-30-41(47)54-34-38(35-57-60(52,53)56-33-37(44)32-55-59(49,50)51)58-42(48)31-25-29-40(46)39(45)28-23-19-17-16-18-22-27-36(43)26-21-6-4-2/h6,10-11,16-19,21-23,27-28,36-40,43-46H,3-5,7-9,12-15,20,24-26,29-35H2,1-2H3,(H,52,53)(H2,49,50,51)/b11-10-,18-16+,19-17-,21-6-,27-22+,28-23-/t36-,37-,38+,39+,40+/m0/s1. The molecule has 0 aromatic carbocycles. The van der Waals surface area contributed by atoms with Crippen LogP contribution in [0.2, 0.25) is 0 Å². The summed E-state index contributed by atoms with van der Waals surface area (Å²) in [6.07, 6.45) is 28.4. The molecule has 16 nitrogen and oxygen atoms in total. The molecule has 0 bridgehead atoms. The summed E-state index contributed by atoms with van der Waals surface area (Å²) in [4.78, 5) is 52.6. The Hall–Kier alpha value is -2.56. The lowest BCUT2D eigenvalue weighted by Crippen LogP contribution is -2.30. The smallest absolute Gasteiger partial charge is 0.462 e. The first kappa shape index (κ1) is 57.4. The van der Waals surface area contributed by atoms with Crippen LogP contribution in [0.15, 0.2) is 72.9 Å². The van der Waals surface area contributed by atoms with E-state index in [-0.39, 0.29) is 25.7 Å². The van der Waals surface area contributed by atoms with E-state index in [0.717, 1.165) is 44.9 Å². The molecule has 0 aromatic rings. The van der Waals surface area contributed by atoms with Crippen molar-refractivity contribution < 1.29 is 76.9 Å². The molecule has 1 unspecified atom stereocenters. The Labute approximate surface area is 356 Å². The van der Waals surface area contributed by atoms with Gasteiger partial charge in [-0.15, -0.1) is 0 Å². The van der Waals surface area contributed by atoms with Gasteiger partial charge in [-0.25, -0.2) is 9.13 Å². The number of hydrogen-bond acceptors (Lipinski definition) is 13.